The Morgan fingerprint density at radius 2 is 1.57 bits per heavy atom. The molecule has 4 heteroatoms. The first kappa shape index (κ1) is 25.4. The molecule has 1 saturated heterocycles. The van der Waals surface area contributed by atoms with Gasteiger partial charge in [0.25, 0.3) is 0 Å². The molecule has 0 saturated carbocycles. The van der Waals surface area contributed by atoms with Crippen LogP contribution in [0.25, 0.3) is 0 Å². The van der Waals surface area contributed by atoms with Crippen molar-refractivity contribution in [3.63, 3.8) is 0 Å². The molecule has 0 spiro atoms. The summed E-state index contributed by atoms with van der Waals surface area (Å²) in [6, 6.07) is 0. The molecule has 0 aromatic heterocycles. The highest BCUT2D eigenvalue weighted by Crippen LogP contribution is 2.29. The van der Waals surface area contributed by atoms with Crippen molar-refractivity contribution in [1.29, 1.82) is 0 Å². The van der Waals surface area contributed by atoms with Gasteiger partial charge in [-0.3, -0.25) is 0 Å². The molecule has 0 aromatic carbocycles. The van der Waals surface area contributed by atoms with Crippen LogP contribution < -0.4 is 0 Å². The molecule has 0 amide bonds. The number of terminal acetylenes is 1. The van der Waals surface area contributed by atoms with Crippen LogP contribution in [0.3, 0.4) is 0 Å². The van der Waals surface area contributed by atoms with Crippen LogP contribution in [0.4, 0.5) is 0 Å². The first-order valence-electron chi connectivity index (χ1n) is 11.6. The van der Waals surface area contributed by atoms with Gasteiger partial charge in [0.1, 0.15) is 6.79 Å². The van der Waals surface area contributed by atoms with Crippen molar-refractivity contribution >= 4 is 0 Å². The Morgan fingerprint density at radius 1 is 0.964 bits per heavy atom. The highest BCUT2D eigenvalue weighted by molar-refractivity contribution is 4.88. The number of rotatable bonds is 18. The van der Waals surface area contributed by atoms with Crippen LogP contribution in [-0.2, 0) is 14.2 Å². The summed E-state index contributed by atoms with van der Waals surface area (Å²) in [7, 11) is 1.65. The van der Waals surface area contributed by atoms with Gasteiger partial charge in [0.15, 0.2) is 0 Å². The maximum absolute atomic E-state index is 10.2. The van der Waals surface area contributed by atoms with Gasteiger partial charge in [-0.05, 0) is 25.7 Å². The van der Waals surface area contributed by atoms with E-state index in [1.165, 1.54) is 57.8 Å². The smallest absolute Gasteiger partial charge is 0.146 e. The highest BCUT2D eigenvalue weighted by Gasteiger charge is 2.35. The fourth-order valence-electron chi connectivity index (χ4n) is 4.03. The molecule has 1 aliphatic heterocycles. The number of aliphatic hydroxyl groups is 1. The van der Waals surface area contributed by atoms with Crippen molar-refractivity contribution in [1.82, 2.24) is 0 Å². The van der Waals surface area contributed by atoms with Crippen molar-refractivity contribution in [2.75, 3.05) is 13.9 Å². The molecule has 1 fully saturated rings. The Kier molecular flexibility index (Phi) is 15.7. The average molecular weight is 397 g/mol. The Bertz CT molecular complexity index is 393. The van der Waals surface area contributed by atoms with Gasteiger partial charge in [0, 0.05) is 13.5 Å². The molecular formula is C24H44O4. The zero-order chi connectivity index (χ0) is 20.5. The maximum atomic E-state index is 10.2. The molecule has 1 rings (SSSR count). The predicted molar refractivity (Wildman–Crippen MR) is 115 cm³/mol. The zero-order valence-corrected chi connectivity index (χ0v) is 18.4. The van der Waals surface area contributed by atoms with Gasteiger partial charge in [0.05, 0.1) is 24.4 Å². The predicted octanol–water partition coefficient (Wildman–Crippen LogP) is 5.61. The van der Waals surface area contributed by atoms with Crippen LogP contribution in [0, 0.1) is 12.3 Å². The fourth-order valence-corrected chi connectivity index (χ4v) is 4.03. The third-order valence-corrected chi connectivity index (χ3v) is 5.76. The number of methoxy groups -OCH3 is 1. The van der Waals surface area contributed by atoms with E-state index in [2.05, 4.69) is 12.8 Å². The molecule has 1 heterocycles. The molecule has 0 bridgehead atoms. The number of ether oxygens (including phenoxy) is 3. The van der Waals surface area contributed by atoms with Gasteiger partial charge in [-0.15, -0.1) is 12.3 Å². The molecule has 4 atom stereocenters. The Morgan fingerprint density at radius 3 is 2.18 bits per heavy atom. The van der Waals surface area contributed by atoms with E-state index in [4.69, 9.17) is 20.6 Å². The van der Waals surface area contributed by atoms with E-state index in [9.17, 15) is 5.11 Å². The van der Waals surface area contributed by atoms with Crippen LogP contribution in [0.2, 0.25) is 0 Å². The Labute approximate surface area is 173 Å². The second kappa shape index (κ2) is 17.3. The van der Waals surface area contributed by atoms with E-state index in [0.717, 1.165) is 25.7 Å². The van der Waals surface area contributed by atoms with Crippen LogP contribution in [0.1, 0.15) is 103 Å². The van der Waals surface area contributed by atoms with Gasteiger partial charge in [-0.2, -0.15) is 0 Å². The largest absolute Gasteiger partial charge is 0.390 e. The van der Waals surface area contributed by atoms with Gasteiger partial charge >= 0.3 is 0 Å². The van der Waals surface area contributed by atoms with Gasteiger partial charge < -0.3 is 19.3 Å². The quantitative estimate of drug-likeness (QED) is 0.186. The number of hydrogen-bond donors (Lipinski definition) is 1. The van der Waals surface area contributed by atoms with E-state index in [1.54, 1.807) is 7.11 Å². The molecule has 0 aromatic rings. The molecule has 0 radical (unpaired) electrons. The third kappa shape index (κ3) is 11.4. The maximum Gasteiger partial charge on any atom is 0.146 e. The summed E-state index contributed by atoms with van der Waals surface area (Å²) >= 11 is 0. The summed E-state index contributed by atoms with van der Waals surface area (Å²) in [6.07, 6.45) is 22.2. The van der Waals surface area contributed by atoms with E-state index in [1.807, 2.05) is 0 Å². The second-order valence-electron chi connectivity index (χ2n) is 8.18. The summed E-state index contributed by atoms with van der Waals surface area (Å²) in [5.41, 5.74) is 0. The first-order valence-corrected chi connectivity index (χ1v) is 11.6. The number of unbranched alkanes of at least 4 members (excludes halogenated alkanes) is 9. The first-order chi connectivity index (χ1) is 13.7. The van der Waals surface area contributed by atoms with E-state index < -0.39 is 6.10 Å². The molecule has 4 nitrogen and oxygen atoms in total. The van der Waals surface area contributed by atoms with Crippen molar-refractivity contribution in [2.45, 2.75) is 128 Å². The van der Waals surface area contributed by atoms with Gasteiger partial charge in [0.2, 0.25) is 0 Å². The monoisotopic (exact) mass is 396 g/mol. The SMILES string of the molecule is C#CCC[C@H](O)[C@@H]1CC[C@@H]([C@H](CCCCCCCCCCCC)OCOC)O1. The van der Waals surface area contributed by atoms with Crippen LogP contribution in [0.5, 0.6) is 0 Å². The second-order valence-corrected chi connectivity index (χ2v) is 8.18. The molecule has 0 aliphatic carbocycles. The minimum atomic E-state index is -0.471. The minimum absolute atomic E-state index is 0.0545. The molecule has 28 heavy (non-hydrogen) atoms. The highest BCUT2D eigenvalue weighted by atomic mass is 16.7. The van der Waals surface area contributed by atoms with Crippen molar-refractivity contribution in [2.24, 2.45) is 0 Å². The standard InChI is InChI=1S/C24H44O4/c1-4-6-8-9-10-11-12-13-14-15-17-23(27-20-26-3)24-19-18-22(28-24)21(25)16-7-5-2/h2,21-25H,4,6-20H2,1,3H3/t21-,22-,23-,24-/m0/s1. The molecule has 164 valence electrons. The molecule has 1 aliphatic rings. The number of aliphatic hydroxyl groups excluding tert-OH is 1. The summed E-state index contributed by atoms with van der Waals surface area (Å²) in [4.78, 5) is 0. The summed E-state index contributed by atoms with van der Waals surface area (Å²) < 4.78 is 17.1. The average Bonchev–Trinajstić information content (AvgIpc) is 3.20. The normalized spacial score (nSPS) is 21.5. The lowest BCUT2D eigenvalue weighted by atomic mass is 10.0. The van der Waals surface area contributed by atoms with Crippen molar-refractivity contribution in [3.05, 3.63) is 0 Å². The Balaban J connectivity index is 2.20. The van der Waals surface area contributed by atoms with Crippen LogP contribution >= 0.6 is 0 Å². The summed E-state index contributed by atoms with van der Waals surface area (Å²) in [6.45, 7) is 2.56. The lowest BCUT2D eigenvalue weighted by Gasteiger charge is -2.25. The van der Waals surface area contributed by atoms with Gasteiger partial charge in [-0.1, -0.05) is 71.1 Å². The summed E-state index contributed by atoms with van der Waals surface area (Å²) in [5.74, 6) is 2.59. The zero-order valence-electron chi connectivity index (χ0n) is 18.4. The summed E-state index contributed by atoms with van der Waals surface area (Å²) in [5, 5.41) is 10.2. The van der Waals surface area contributed by atoms with Crippen LogP contribution in [0.15, 0.2) is 0 Å². The van der Waals surface area contributed by atoms with E-state index in [0.29, 0.717) is 19.6 Å². The minimum Gasteiger partial charge on any atom is -0.390 e. The molecule has 1 N–H and O–H groups in total. The van der Waals surface area contributed by atoms with Gasteiger partial charge in [-0.25, -0.2) is 0 Å². The lowest BCUT2D eigenvalue weighted by Crippen LogP contribution is -2.33. The van der Waals surface area contributed by atoms with E-state index >= 15 is 0 Å². The third-order valence-electron chi connectivity index (χ3n) is 5.76. The Hall–Kier alpha value is -0.600. The van der Waals surface area contributed by atoms with E-state index in [-0.39, 0.29) is 18.3 Å². The molecular weight excluding hydrogens is 352 g/mol. The molecule has 0 unspecified atom stereocenters. The fraction of sp³-hybridized carbons (Fsp3) is 0.917. The van der Waals surface area contributed by atoms with Crippen molar-refractivity contribution in [3.8, 4) is 12.3 Å². The van der Waals surface area contributed by atoms with Crippen LogP contribution in [-0.4, -0.2) is 43.4 Å². The lowest BCUT2D eigenvalue weighted by molar-refractivity contribution is -0.138. The topological polar surface area (TPSA) is 47.9 Å². The number of hydrogen-bond acceptors (Lipinski definition) is 4. The van der Waals surface area contributed by atoms with Crippen molar-refractivity contribution < 1.29 is 19.3 Å².